The lowest BCUT2D eigenvalue weighted by Crippen LogP contribution is -2.28. The van der Waals surface area contributed by atoms with Gasteiger partial charge >= 0.3 is 0 Å². The average molecular weight is 193 g/mol. The van der Waals surface area contributed by atoms with Crippen LogP contribution in [-0.4, -0.2) is 0 Å². The van der Waals surface area contributed by atoms with E-state index in [1.54, 1.807) is 0 Å². The van der Waals surface area contributed by atoms with Crippen LogP contribution in [0.5, 0.6) is 0 Å². The second-order valence-electron chi connectivity index (χ2n) is 5.69. The van der Waals surface area contributed by atoms with Gasteiger partial charge in [0.2, 0.25) is 0 Å². The first-order chi connectivity index (χ1) is 6.47. The molecule has 14 heavy (non-hydrogen) atoms. The van der Waals surface area contributed by atoms with E-state index in [9.17, 15) is 0 Å². The lowest BCUT2D eigenvalue weighted by Gasteiger charge is -2.36. The highest BCUT2D eigenvalue weighted by atomic mass is 14.4. The average Bonchev–Trinajstić information content (AvgIpc) is 2.18. The second kappa shape index (κ2) is 4.34. The third kappa shape index (κ3) is 2.50. The highest BCUT2D eigenvalue weighted by Crippen LogP contribution is 2.41. The third-order valence-corrected chi connectivity index (χ3v) is 4.02. The molecule has 0 unspecified atom stereocenters. The van der Waals surface area contributed by atoms with Crippen LogP contribution in [0.1, 0.15) is 53.4 Å². The van der Waals surface area contributed by atoms with Gasteiger partial charge in [0.05, 0.1) is 11.5 Å². The molecule has 0 saturated heterocycles. The molecule has 0 aromatic rings. The van der Waals surface area contributed by atoms with E-state index in [1.165, 1.54) is 25.7 Å². The Bertz CT molecular complexity index is 214. The van der Waals surface area contributed by atoms with Crippen molar-refractivity contribution in [1.82, 2.24) is 0 Å². The van der Waals surface area contributed by atoms with Gasteiger partial charge in [-0.15, -0.1) is 0 Å². The third-order valence-electron chi connectivity index (χ3n) is 4.02. The van der Waals surface area contributed by atoms with Gasteiger partial charge in [-0.3, -0.25) is 0 Å². The maximum Gasteiger partial charge on any atom is 0.0686 e. The maximum atomic E-state index is 9.07. The van der Waals surface area contributed by atoms with Gasteiger partial charge in [0, 0.05) is 0 Å². The van der Waals surface area contributed by atoms with Gasteiger partial charge in [-0.05, 0) is 57.3 Å². The molecular formula is C13H23N. The summed E-state index contributed by atoms with van der Waals surface area (Å²) in [5.41, 5.74) is -0.109. The summed E-state index contributed by atoms with van der Waals surface area (Å²) in [6.07, 6.45) is 5.16. The van der Waals surface area contributed by atoms with Crippen molar-refractivity contribution in [3.8, 4) is 6.07 Å². The Balaban J connectivity index is 2.48. The molecule has 0 aromatic heterocycles. The van der Waals surface area contributed by atoms with Crippen molar-refractivity contribution in [2.75, 3.05) is 0 Å². The molecule has 0 heterocycles. The van der Waals surface area contributed by atoms with Gasteiger partial charge in [0.15, 0.2) is 0 Å². The highest BCUT2D eigenvalue weighted by Gasteiger charge is 2.33. The molecule has 1 fully saturated rings. The first-order valence-corrected chi connectivity index (χ1v) is 5.88. The minimum atomic E-state index is -0.109. The van der Waals surface area contributed by atoms with E-state index in [1.807, 2.05) is 0 Å². The molecule has 0 bridgehead atoms. The van der Waals surface area contributed by atoms with Gasteiger partial charge in [0.25, 0.3) is 0 Å². The summed E-state index contributed by atoms with van der Waals surface area (Å²) in [7, 11) is 0. The van der Waals surface area contributed by atoms with E-state index in [0.29, 0.717) is 5.92 Å². The summed E-state index contributed by atoms with van der Waals surface area (Å²) in [5, 5.41) is 9.07. The Kier molecular flexibility index (Phi) is 3.59. The van der Waals surface area contributed by atoms with Gasteiger partial charge in [-0.25, -0.2) is 0 Å². The number of hydrogen-bond donors (Lipinski definition) is 0. The largest absolute Gasteiger partial charge is 0.198 e. The van der Waals surface area contributed by atoms with Crippen LogP contribution in [-0.2, 0) is 0 Å². The van der Waals surface area contributed by atoms with Crippen LogP contribution >= 0.6 is 0 Å². The lowest BCUT2D eigenvalue weighted by molar-refractivity contribution is 0.156. The molecule has 0 N–H and O–H groups in total. The number of hydrogen-bond acceptors (Lipinski definition) is 1. The molecule has 0 aliphatic heterocycles. The van der Waals surface area contributed by atoms with Crippen molar-refractivity contribution in [3.63, 3.8) is 0 Å². The first kappa shape index (κ1) is 11.6. The summed E-state index contributed by atoms with van der Waals surface area (Å²) >= 11 is 0. The quantitative estimate of drug-likeness (QED) is 0.650. The van der Waals surface area contributed by atoms with Crippen molar-refractivity contribution in [2.24, 2.45) is 23.2 Å². The topological polar surface area (TPSA) is 23.8 Å². The van der Waals surface area contributed by atoms with Crippen molar-refractivity contribution >= 4 is 0 Å². The summed E-state index contributed by atoms with van der Waals surface area (Å²) in [6, 6.07) is 2.46. The number of nitriles is 1. The van der Waals surface area contributed by atoms with E-state index < -0.39 is 0 Å². The molecule has 1 aliphatic rings. The fourth-order valence-electron chi connectivity index (χ4n) is 2.60. The minimum absolute atomic E-state index is 0.109. The number of rotatable bonds is 2. The molecule has 80 valence electrons. The van der Waals surface area contributed by atoms with Gasteiger partial charge in [-0.1, -0.05) is 13.8 Å². The Morgan fingerprint density at radius 1 is 1.14 bits per heavy atom. The summed E-state index contributed by atoms with van der Waals surface area (Å²) in [4.78, 5) is 0. The summed E-state index contributed by atoms with van der Waals surface area (Å²) in [6.45, 7) is 8.82. The maximum absolute atomic E-state index is 9.07. The monoisotopic (exact) mass is 193 g/mol. The normalized spacial score (nSPS) is 28.9. The van der Waals surface area contributed by atoms with Gasteiger partial charge in [-0.2, -0.15) is 5.26 Å². The zero-order valence-electron chi connectivity index (χ0n) is 10.0. The molecular weight excluding hydrogens is 170 g/mol. The molecule has 1 nitrogen and oxygen atoms in total. The second-order valence-corrected chi connectivity index (χ2v) is 5.69. The summed E-state index contributed by atoms with van der Waals surface area (Å²) in [5.74, 6) is 2.35. The van der Waals surface area contributed by atoms with E-state index in [2.05, 4.69) is 33.8 Å². The molecule has 1 saturated carbocycles. The zero-order chi connectivity index (χ0) is 10.8. The molecule has 0 aromatic carbocycles. The van der Waals surface area contributed by atoms with Crippen LogP contribution in [0, 0.1) is 34.5 Å². The van der Waals surface area contributed by atoms with Crippen LogP contribution in [0.4, 0.5) is 0 Å². The standard InChI is InChI=1S/C13H23N/c1-10(2)11-5-7-12(8-6-11)13(3,4)9-14/h10-12H,5-8H2,1-4H3. The van der Waals surface area contributed by atoms with Crippen LogP contribution in [0.15, 0.2) is 0 Å². The fraction of sp³-hybridized carbons (Fsp3) is 0.923. The van der Waals surface area contributed by atoms with Crippen LogP contribution in [0.2, 0.25) is 0 Å². The minimum Gasteiger partial charge on any atom is -0.198 e. The Morgan fingerprint density at radius 3 is 2.00 bits per heavy atom. The molecule has 0 spiro atoms. The van der Waals surface area contributed by atoms with Crippen LogP contribution in [0.25, 0.3) is 0 Å². The van der Waals surface area contributed by atoms with Crippen molar-refractivity contribution in [2.45, 2.75) is 53.4 Å². The molecule has 0 radical (unpaired) electrons. The van der Waals surface area contributed by atoms with Gasteiger partial charge < -0.3 is 0 Å². The predicted molar refractivity (Wildman–Crippen MR) is 59.7 cm³/mol. The van der Waals surface area contributed by atoms with Crippen LogP contribution in [0.3, 0.4) is 0 Å². The van der Waals surface area contributed by atoms with Crippen LogP contribution < -0.4 is 0 Å². The van der Waals surface area contributed by atoms with Crippen molar-refractivity contribution in [1.29, 1.82) is 5.26 Å². The first-order valence-electron chi connectivity index (χ1n) is 5.88. The van der Waals surface area contributed by atoms with E-state index in [-0.39, 0.29) is 5.41 Å². The van der Waals surface area contributed by atoms with Gasteiger partial charge in [0.1, 0.15) is 0 Å². The molecule has 0 amide bonds. The zero-order valence-corrected chi connectivity index (χ0v) is 10.0. The lowest BCUT2D eigenvalue weighted by atomic mass is 9.68. The molecule has 1 aliphatic carbocycles. The van der Waals surface area contributed by atoms with Crippen molar-refractivity contribution in [3.05, 3.63) is 0 Å². The number of nitrogens with zero attached hydrogens (tertiary/aromatic N) is 1. The molecule has 1 rings (SSSR count). The van der Waals surface area contributed by atoms with Crippen molar-refractivity contribution < 1.29 is 0 Å². The Labute approximate surface area is 88.5 Å². The fourth-order valence-corrected chi connectivity index (χ4v) is 2.60. The SMILES string of the molecule is CC(C)C1CCC(C(C)(C)C#N)CC1. The molecule has 1 heteroatoms. The smallest absolute Gasteiger partial charge is 0.0686 e. The predicted octanol–water partition coefficient (Wildman–Crippen LogP) is 4.00. The molecule has 0 atom stereocenters. The van der Waals surface area contributed by atoms with E-state index >= 15 is 0 Å². The van der Waals surface area contributed by atoms with E-state index in [4.69, 9.17) is 5.26 Å². The Morgan fingerprint density at radius 2 is 1.64 bits per heavy atom. The highest BCUT2D eigenvalue weighted by molar-refractivity contribution is 4.98. The van der Waals surface area contributed by atoms with E-state index in [0.717, 1.165) is 11.8 Å². The Hall–Kier alpha value is -0.510. The summed E-state index contributed by atoms with van der Waals surface area (Å²) < 4.78 is 0.